The number of nitrogens with two attached hydrogens (primary N) is 1. The molecule has 0 amide bonds. The number of nitrogens with zero attached hydrogens (tertiary/aromatic N) is 5. The quantitative estimate of drug-likeness (QED) is 0.747. The lowest BCUT2D eigenvalue weighted by molar-refractivity contribution is 0.514. The van der Waals surface area contributed by atoms with Crippen molar-refractivity contribution in [1.82, 2.24) is 24.5 Å². The first kappa shape index (κ1) is 10.8. The summed E-state index contributed by atoms with van der Waals surface area (Å²) in [6.07, 6.45) is 9.33. The van der Waals surface area contributed by atoms with Gasteiger partial charge in [0, 0.05) is 38.1 Å². The fourth-order valence-corrected chi connectivity index (χ4v) is 1.54. The molecule has 2 aromatic rings. The smallest absolute Gasteiger partial charge is 0.0945 e. The van der Waals surface area contributed by atoms with Crippen molar-refractivity contribution in [3.05, 3.63) is 30.6 Å². The van der Waals surface area contributed by atoms with Gasteiger partial charge in [-0.25, -0.2) is 4.98 Å². The highest BCUT2D eigenvalue weighted by Crippen LogP contribution is 1.97. The van der Waals surface area contributed by atoms with Gasteiger partial charge in [0.15, 0.2) is 0 Å². The SMILES string of the molecule is NCCc1cn(CCCn2ccnc2)nn1. The van der Waals surface area contributed by atoms with E-state index in [-0.39, 0.29) is 0 Å². The average molecular weight is 220 g/mol. The molecular formula is C10H16N6. The van der Waals surface area contributed by atoms with Crippen LogP contribution in [0.5, 0.6) is 0 Å². The van der Waals surface area contributed by atoms with Crippen molar-refractivity contribution in [3.8, 4) is 0 Å². The Balaban J connectivity index is 1.76. The number of aromatic nitrogens is 5. The summed E-state index contributed by atoms with van der Waals surface area (Å²) in [7, 11) is 0. The lowest BCUT2D eigenvalue weighted by Gasteiger charge is -2.01. The van der Waals surface area contributed by atoms with Gasteiger partial charge in [0.1, 0.15) is 0 Å². The highest BCUT2D eigenvalue weighted by molar-refractivity contribution is 4.92. The molecular weight excluding hydrogens is 204 g/mol. The molecule has 0 aliphatic heterocycles. The Morgan fingerprint density at radius 3 is 3.00 bits per heavy atom. The van der Waals surface area contributed by atoms with E-state index in [1.54, 1.807) is 6.20 Å². The third-order valence-corrected chi connectivity index (χ3v) is 2.35. The molecule has 0 aliphatic carbocycles. The van der Waals surface area contributed by atoms with E-state index in [1.165, 1.54) is 0 Å². The summed E-state index contributed by atoms with van der Waals surface area (Å²) in [5, 5.41) is 8.08. The molecule has 0 spiro atoms. The minimum atomic E-state index is 0.619. The molecule has 0 atom stereocenters. The topological polar surface area (TPSA) is 74.5 Å². The second kappa shape index (κ2) is 5.41. The molecule has 0 bridgehead atoms. The Morgan fingerprint density at radius 1 is 1.31 bits per heavy atom. The van der Waals surface area contributed by atoms with Gasteiger partial charge in [0.2, 0.25) is 0 Å². The minimum Gasteiger partial charge on any atom is -0.337 e. The van der Waals surface area contributed by atoms with Crippen molar-refractivity contribution >= 4 is 0 Å². The van der Waals surface area contributed by atoms with Crippen LogP contribution in [0.2, 0.25) is 0 Å². The van der Waals surface area contributed by atoms with Crippen LogP contribution in [0.15, 0.2) is 24.9 Å². The molecule has 0 radical (unpaired) electrons. The maximum atomic E-state index is 5.45. The molecule has 0 unspecified atom stereocenters. The van der Waals surface area contributed by atoms with Gasteiger partial charge < -0.3 is 10.3 Å². The van der Waals surface area contributed by atoms with Gasteiger partial charge in [-0.15, -0.1) is 5.10 Å². The van der Waals surface area contributed by atoms with E-state index < -0.39 is 0 Å². The molecule has 0 saturated carbocycles. The maximum Gasteiger partial charge on any atom is 0.0945 e. The Morgan fingerprint density at radius 2 is 2.25 bits per heavy atom. The zero-order valence-corrected chi connectivity index (χ0v) is 9.16. The number of hydrogen-bond donors (Lipinski definition) is 1. The van der Waals surface area contributed by atoms with Crippen LogP contribution in [0, 0.1) is 0 Å². The van der Waals surface area contributed by atoms with Gasteiger partial charge >= 0.3 is 0 Å². The van der Waals surface area contributed by atoms with Gasteiger partial charge in [-0.1, -0.05) is 5.21 Å². The Labute approximate surface area is 94.1 Å². The maximum absolute atomic E-state index is 5.45. The largest absolute Gasteiger partial charge is 0.337 e. The Hall–Kier alpha value is -1.69. The first-order chi connectivity index (χ1) is 7.88. The molecule has 16 heavy (non-hydrogen) atoms. The standard InChI is InChI=1S/C10H16N6/c11-3-2-10-8-16(14-13-10)6-1-5-15-7-4-12-9-15/h4,7-9H,1-3,5-6,11H2. The molecule has 2 heterocycles. The molecule has 2 N–H and O–H groups in total. The predicted molar refractivity (Wildman–Crippen MR) is 59.6 cm³/mol. The summed E-state index contributed by atoms with van der Waals surface area (Å²) in [4.78, 5) is 3.99. The third kappa shape index (κ3) is 2.90. The second-order valence-electron chi connectivity index (χ2n) is 3.67. The van der Waals surface area contributed by atoms with E-state index in [1.807, 2.05) is 23.4 Å². The van der Waals surface area contributed by atoms with E-state index in [4.69, 9.17) is 5.73 Å². The molecule has 6 heteroatoms. The summed E-state index contributed by atoms with van der Waals surface area (Å²) in [6.45, 7) is 2.44. The van der Waals surface area contributed by atoms with Gasteiger partial charge in [-0.05, 0) is 13.0 Å². The summed E-state index contributed by atoms with van der Waals surface area (Å²) in [5.74, 6) is 0. The van der Waals surface area contributed by atoms with Crippen molar-refractivity contribution < 1.29 is 0 Å². The highest BCUT2D eigenvalue weighted by atomic mass is 15.4. The number of imidazole rings is 1. The van der Waals surface area contributed by atoms with Crippen molar-refractivity contribution in [2.24, 2.45) is 5.73 Å². The van der Waals surface area contributed by atoms with Gasteiger partial charge in [-0.3, -0.25) is 4.68 Å². The molecule has 6 nitrogen and oxygen atoms in total. The van der Waals surface area contributed by atoms with Gasteiger partial charge in [0.25, 0.3) is 0 Å². The molecule has 0 saturated heterocycles. The highest BCUT2D eigenvalue weighted by Gasteiger charge is 1.99. The third-order valence-electron chi connectivity index (χ3n) is 2.35. The predicted octanol–water partition coefficient (Wildman–Crippen LogP) is 0.0661. The van der Waals surface area contributed by atoms with E-state index >= 15 is 0 Å². The van der Waals surface area contributed by atoms with Gasteiger partial charge in [0.05, 0.1) is 12.0 Å². The Kier molecular flexibility index (Phi) is 3.66. The van der Waals surface area contributed by atoms with Crippen molar-refractivity contribution in [2.75, 3.05) is 6.54 Å². The number of rotatable bonds is 6. The first-order valence-corrected chi connectivity index (χ1v) is 5.43. The summed E-state index contributed by atoms with van der Waals surface area (Å²) in [5.41, 5.74) is 6.41. The fraction of sp³-hybridized carbons (Fsp3) is 0.500. The normalized spacial score (nSPS) is 10.8. The summed E-state index contributed by atoms with van der Waals surface area (Å²) in [6, 6.07) is 0. The summed E-state index contributed by atoms with van der Waals surface area (Å²) >= 11 is 0. The van der Waals surface area contributed by atoms with E-state index in [0.29, 0.717) is 6.54 Å². The molecule has 0 fully saturated rings. The van der Waals surface area contributed by atoms with Crippen LogP contribution in [0.1, 0.15) is 12.1 Å². The summed E-state index contributed by atoms with van der Waals surface area (Å²) < 4.78 is 3.92. The molecule has 2 rings (SSSR count). The van der Waals surface area contributed by atoms with Crippen LogP contribution in [-0.2, 0) is 19.5 Å². The first-order valence-electron chi connectivity index (χ1n) is 5.43. The van der Waals surface area contributed by atoms with Crippen molar-refractivity contribution in [3.63, 3.8) is 0 Å². The van der Waals surface area contributed by atoms with Crippen LogP contribution in [0.25, 0.3) is 0 Å². The van der Waals surface area contributed by atoms with E-state index in [2.05, 4.69) is 19.9 Å². The van der Waals surface area contributed by atoms with Gasteiger partial charge in [-0.2, -0.15) is 0 Å². The lowest BCUT2D eigenvalue weighted by Crippen LogP contribution is -2.04. The van der Waals surface area contributed by atoms with Crippen LogP contribution in [0.4, 0.5) is 0 Å². The monoisotopic (exact) mass is 220 g/mol. The van der Waals surface area contributed by atoms with E-state index in [9.17, 15) is 0 Å². The second-order valence-corrected chi connectivity index (χ2v) is 3.67. The average Bonchev–Trinajstić information content (AvgIpc) is 2.90. The van der Waals surface area contributed by atoms with Crippen LogP contribution < -0.4 is 5.73 Å². The molecule has 0 aliphatic rings. The zero-order valence-electron chi connectivity index (χ0n) is 9.16. The molecule has 2 aromatic heterocycles. The van der Waals surface area contributed by atoms with Crippen LogP contribution in [-0.4, -0.2) is 31.1 Å². The van der Waals surface area contributed by atoms with Crippen LogP contribution >= 0.6 is 0 Å². The molecule has 0 aromatic carbocycles. The minimum absolute atomic E-state index is 0.619. The van der Waals surface area contributed by atoms with Crippen LogP contribution in [0.3, 0.4) is 0 Å². The van der Waals surface area contributed by atoms with Crippen molar-refractivity contribution in [1.29, 1.82) is 0 Å². The van der Waals surface area contributed by atoms with E-state index in [0.717, 1.165) is 31.6 Å². The van der Waals surface area contributed by atoms with Crippen molar-refractivity contribution in [2.45, 2.75) is 25.9 Å². The number of hydrogen-bond acceptors (Lipinski definition) is 4. The number of aryl methyl sites for hydroxylation is 2. The zero-order chi connectivity index (χ0) is 11.2. The molecule has 86 valence electrons. The fourth-order valence-electron chi connectivity index (χ4n) is 1.54. The lowest BCUT2D eigenvalue weighted by atomic mass is 10.3. The Bertz CT molecular complexity index is 405.